The van der Waals surface area contributed by atoms with Crippen molar-refractivity contribution in [3.8, 4) is 0 Å². The lowest BCUT2D eigenvalue weighted by atomic mass is 10.0. The van der Waals surface area contributed by atoms with Crippen molar-refractivity contribution in [2.45, 2.75) is 219 Å². The smallest absolute Gasteiger partial charge is 0.266 e. The predicted octanol–water partition coefficient (Wildman–Crippen LogP) is 10.5. The summed E-state index contributed by atoms with van der Waals surface area (Å²) in [5.74, 6) is -0.886. The predicted molar refractivity (Wildman–Crippen MR) is 184 cm³/mol. The molecule has 0 radical (unpaired) electrons. The van der Waals surface area contributed by atoms with Crippen molar-refractivity contribution in [2.24, 2.45) is 0 Å². The Morgan fingerprint density at radius 1 is 0.535 bits per heavy atom. The number of amides is 1. The van der Waals surface area contributed by atoms with Gasteiger partial charge >= 0.3 is 0 Å². The van der Waals surface area contributed by atoms with Gasteiger partial charge in [0, 0.05) is 6.42 Å². The summed E-state index contributed by atoms with van der Waals surface area (Å²) in [6, 6.07) is -0.962. The first-order chi connectivity index (χ1) is 20.8. The summed E-state index contributed by atoms with van der Waals surface area (Å²) < 4.78 is 32.4. The van der Waals surface area contributed by atoms with E-state index >= 15 is 0 Å². The van der Waals surface area contributed by atoms with Gasteiger partial charge in [-0.05, 0) is 12.8 Å². The molecule has 2 atom stereocenters. The van der Waals surface area contributed by atoms with Gasteiger partial charge < -0.3 is 10.4 Å². The Balaban J connectivity index is 3.86. The minimum Gasteiger partial charge on any atom is -0.391 e. The fraction of sp³-hybridized carbons (Fsp3) is 0.972. The van der Waals surface area contributed by atoms with Crippen LogP contribution in [0.25, 0.3) is 0 Å². The first kappa shape index (κ1) is 42.3. The van der Waals surface area contributed by atoms with Crippen LogP contribution in [-0.2, 0) is 14.9 Å². The number of hydrogen-bond acceptors (Lipinski definition) is 4. The Labute approximate surface area is 268 Å². The van der Waals surface area contributed by atoms with E-state index in [2.05, 4.69) is 19.2 Å². The van der Waals surface area contributed by atoms with Gasteiger partial charge in [-0.3, -0.25) is 9.35 Å². The molecule has 0 aliphatic rings. The standard InChI is InChI=1S/C36H73NO5S/c1-3-5-7-9-11-13-15-16-17-18-19-20-22-23-25-27-29-31-35(38)34(33-43(40,41)42)37-36(39)32-30-28-26-24-21-14-12-10-8-6-4-2/h34-35,38H,3-33H2,1-2H3,(H,37,39)(H,40,41,42). The maximum absolute atomic E-state index is 12.4. The van der Waals surface area contributed by atoms with Crippen molar-refractivity contribution >= 4 is 16.0 Å². The highest BCUT2D eigenvalue weighted by atomic mass is 32.2. The minimum atomic E-state index is -4.30. The van der Waals surface area contributed by atoms with Gasteiger partial charge in [-0.2, -0.15) is 8.42 Å². The molecule has 0 aromatic carbocycles. The van der Waals surface area contributed by atoms with E-state index in [-0.39, 0.29) is 5.91 Å². The molecule has 2 unspecified atom stereocenters. The highest BCUT2D eigenvalue weighted by Gasteiger charge is 2.26. The zero-order valence-electron chi connectivity index (χ0n) is 28.6. The van der Waals surface area contributed by atoms with Crippen molar-refractivity contribution < 1.29 is 22.9 Å². The van der Waals surface area contributed by atoms with E-state index in [1.807, 2.05) is 0 Å². The van der Waals surface area contributed by atoms with Gasteiger partial charge in [0.25, 0.3) is 10.1 Å². The number of aliphatic hydroxyl groups excluding tert-OH is 1. The van der Waals surface area contributed by atoms with Gasteiger partial charge in [-0.25, -0.2) is 0 Å². The third-order valence-electron chi connectivity index (χ3n) is 8.81. The fourth-order valence-electron chi connectivity index (χ4n) is 5.98. The molecule has 43 heavy (non-hydrogen) atoms. The van der Waals surface area contributed by atoms with Gasteiger partial charge in [0.15, 0.2) is 0 Å². The van der Waals surface area contributed by atoms with E-state index in [9.17, 15) is 22.9 Å². The van der Waals surface area contributed by atoms with Crippen LogP contribution in [0.3, 0.4) is 0 Å². The SMILES string of the molecule is CCCCCCCCCCCCCCCCCCCC(O)C(CS(=O)(=O)O)NC(=O)CCCCCCCCCCCCC. The average Bonchev–Trinajstić information content (AvgIpc) is 2.96. The van der Waals surface area contributed by atoms with E-state index in [0.717, 1.165) is 38.5 Å². The lowest BCUT2D eigenvalue weighted by Crippen LogP contribution is -2.47. The quantitative estimate of drug-likeness (QED) is 0.0484. The molecular formula is C36H73NO5S. The van der Waals surface area contributed by atoms with Crippen molar-refractivity contribution in [1.29, 1.82) is 0 Å². The van der Waals surface area contributed by atoms with Crippen LogP contribution < -0.4 is 5.32 Å². The molecule has 0 aromatic heterocycles. The molecule has 0 rings (SSSR count). The number of unbranched alkanes of at least 4 members (excludes halogenated alkanes) is 26. The van der Waals surface area contributed by atoms with Crippen LogP contribution in [0, 0.1) is 0 Å². The third-order valence-corrected chi connectivity index (χ3v) is 9.59. The van der Waals surface area contributed by atoms with Gasteiger partial charge in [-0.15, -0.1) is 0 Å². The molecular weight excluding hydrogens is 558 g/mol. The molecule has 0 heterocycles. The molecule has 0 saturated heterocycles. The highest BCUT2D eigenvalue weighted by molar-refractivity contribution is 7.85. The van der Waals surface area contributed by atoms with Gasteiger partial charge in [-0.1, -0.05) is 187 Å². The Morgan fingerprint density at radius 2 is 0.837 bits per heavy atom. The van der Waals surface area contributed by atoms with E-state index in [1.54, 1.807) is 0 Å². The molecule has 0 spiro atoms. The third kappa shape index (κ3) is 32.5. The summed E-state index contributed by atoms with van der Waals surface area (Å²) in [5.41, 5.74) is 0. The number of aliphatic hydroxyl groups is 1. The minimum absolute atomic E-state index is 0.244. The molecule has 0 bridgehead atoms. The van der Waals surface area contributed by atoms with E-state index in [4.69, 9.17) is 0 Å². The number of carbonyl (C=O) groups is 1. The van der Waals surface area contributed by atoms with Crippen molar-refractivity contribution in [3.63, 3.8) is 0 Å². The van der Waals surface area contributed by atoms with Gasteiger partial charge in [0.2, 0.25) is 5.91 Å². The molecule has 3 N–H and O–H groups in total. The van der Waals surface area contributed by atoms with Gasteiger partial charge in [0.05, 0.1) is 17.9 Å². The first-order valence-corrected chi connectivity index (χ1v) is 20.3. The summed E-state index contributed by atoms with van der Waals surface area (Å²) in [6.45, 7) is 4.50. The largest absolute Gasteiger partial charge is 0.391 e. The number of rotatable bonds is 34. The van der Waals surface area contributed by atoms with Crippen LogP contribution in [0.15, 0.2) is 0 Å². The first-order valence-electron chi connectivity index (χ1n) is 18.7. The summed E-state index contributed by atoms with van der Waals surface area (Å²) >= 11 is 0. The van der Waals surface area contributed by atoms with E-state index in [1.165, 1.54) is 141 Å². The second-order valence-electron chi connectivity index (χ2n) is 13.2. The van der Waals surface area contributed by atoms with Crippen molar-refractivity contribution in [2.75, 3.05) is 5.75 Å². The summed E-state index contributed by atoms with van der Waals surface area (Å²) in [6.07, 6.45) is 34.8. The highest BCUT2D eigenvalue weighted by Crippen LogP contribution is 2.16. The molecule has 0 aromatic rings. The lowest BCUT2D eigenvalue weighted by Gasteiger charge is -2.23. The Hall–Kier alpha value is -0.660. The molecule has 7 heteroatoms. The van der Waals surface area contributed by atoms with Crippen LogP contribution in [-0.4, -0.2) is 41.9 Å². The second kappa shape index (κ2) is 31.3. The Bertz CT molecular complexity index is 700. The topological polar surface area (TPSA) is 104 Å². The maximum atomic E-state index is 12.4. The Morgan fingerprint density at radius 3 is 1.16 bits per heavy atom. The fourth-order valence-corrected chi connectivity index (χ4v) is 6.74. The van der Waals surface area contributed by atoms with Crippen molar-refractivity contribution in [1.82, 2.24) is 5.32 Å². The number of carbonyl (C=O) groups excluding carboxylic acids is 1. The lowest BCUT2D eigenvalue weighted by molar-refractivity contribution is -0.122. The van der Waals surface area contributed by atoms with Gasteiger partial charge in [0.1, 0.15) is 0 Å². The second-order valence-corrected chi connectivity index (χ2v) is 14.7. The number of hydrogen-bond donors (Lipinski definition) is 3. The summed E-state index contributed by atoms with van der Waals surface area (Å²) in [5, 5.41) is 13.3. The van der Waals surface area contributed by atoms with Crippen LogP contribution in [0.4, 0.5) is 0 Å². The van der Waals surface area contributed by atoms with Crippen LogP contribution >= 0.6 is 0 Å². The maximum Gasteiger partial charge on any atom is 0.266 e. The van der Waals surface area contributed by atoms with Crippen molar-refractivity contribution in [3.05, 3.63) is 0 Å². The zero-order valence-corrected chi connectivity index (χ0v) is 29.4. The molecule has 0 fully saturated rings. The molecule has 258 valence electrons. The normalized spacial score (nSPS) is 13.3. The Kier molecular flexibility index (Phi) is 30.8. The molecule has 0 saturated carbocycles. The molecule has 0 aliphatic heterocycles. The number of nitrogens with one attached hydrogen (secondary N) is 1. The van der Waals surface area contributed by atoms with Crippen LogP contribution in [0.5, 0.6) is 0 Å². The molecule has 0 aliphatic carbocycles. The molecule has 1 amide bonds. The monoisotopic (exact) mass is 632 g/mol. The van der Waals surface area contributed by atoms with Crippen LogP contribution in [0.1, 0.15) is 206 Å². The zero-order chi connectivity index (χ0) is 31.9. The average molecular weight is 632 g/mol. The summed E-state index contributed by atoms with van der Waals surface area (Å²) in [7, 11) is -4.30. The summed E-state index contributed by atoms with van der Waals surface area (Å²) in [4.78, 5) is 12.4. The van der Waals surface area contributed by atoms with E-state index < -0.39 is 28.0 Å². The molecule has 6 nitrogen and oxygen atoms in total. The van der Waals surface area contributed by atoms with E-state index in [0.29, 0.717) is 12.8 Å². The van der Waals surface area contributed by atoms with Crippen LogP contribution in [0.2, 0.25) is 0 Å².